The average molecular weight is 212 g/mol. The van der Waals surface area contributed by atoms with E-state index >= 15 is 0 Å². The Hall–Kier alpha value is -1.49. The summed E-state index contributed by atoms with van der Waals surface area (Å²) in [7, 11) is 0. The molecule has 0 aliphatic heterocycles. The van der Waals surface area contributed by atoms with Crippen molar-refractivity contribution in [2.75, 3.05) is 0 Å². The SMILES string of the molecule is CC(C)(N)Cc1cc(F)cc([N+](=O)[O-])c1. The maximum atomic E-state index is 13.0. The zero-order chi connectivity index (χ0) is 11.6. The summed E-state index contributed by atoms with van der Waals surface area (Å²) in [6.45, 7) is 3.56. The molecule has 5 heteroatoms. The highest BCUT2D eigenvalue weighted by Gasteiger charge is 2.15. The monoisotopic (exact) mass is 212 g/mol. The van der Waals surface area contributed by atoms with Crippen LogP contribution in [0.15, 0.2) is 18.2 Å². The first-order valence-electron chi connectivity index (χ1n) is 4.51. The van der Waals surface area contributed by atoms with Gasteiger partial charge in [0.25, 0.3) is 5.69 Å². The molecule has 0 saturated carbocycles. The molecule has 82 valence electrons. The summed E-state index contributed by atoms with van der Waals surface area (Å²) < 4.78 is 13.0. The summed E-state index contributed by atoms with van der Waals surface area (Å²) >= 11 is 0. The quantitative estimate of drug-likeness (QED) is 0.615. The van der Waals surface area contributed by atoms with Crippen LogP contribution >= 0.6 is 0 Å². The molecular weight excluding hydrogens is 199 g/mol. The molecule has 0 aliphatic carbocycles. The van der Waals surface area contributed by atoms with Gasteiger partial charge in [-0.2, -0.15) is 0 Å². The molecule has 0 unspecified atom stereocenters. The van der Waals surface area contributed by atoms with Gasteiger partial charge in [-0.25, -0.2) is 4.39 Å². The Labute approximate surface area is 87.0 Å². The zero-order valence-electron chi connectivity index (χ0n) is 8.66. The Morgan fingerprint density at radius 1 is 1.47 bits per heavy atom. The van der Waals surface area contributed by atoms with Gasteiger partial charge in [0.05, 0.1) is 11.0 Å². The lowest BCUT2D eigenvalue weighted by Crippen LogP contribution is -2.34. The molecule has 0 saturated heterocycles. The fourth-order valence-corrected chi connectivity index (χ4v) is 1.37. The molecule has 4 nitrogen and oxygen atoms in total. The van der Waals surface area contributed by atoms with E-state index in [0.29, 0.717) is 12.0 Å². The van der Waals surface area contributed by atoms with Crippen LogP contribution in [0, 0.1) is 15.9 Å². The molecule has 2 N–H and O–H groups in total. The van der Waals surface area contributed by atoms with Gasteiger partial charge < -0.3 is 5.73 Å². The van der Waals surface area contributed by atoms with Crippen LogP contribution in [0.25, 0.3) is 0 Å². The molecule has 0 aromatic heterocycles. The summed E-state index contributed by atoms with van der Waals surface area (Å²) in [6, 6.07) is 3.51. The number of benzene rings is 1. The maximum Gasteiger partial charge on any atom is 0.272 e. The van der Waals surface area contributed by atoms with Crippen LogP contribution < -0.4 is 5.73 Å². The van der Waals surface area contributed by atoms with Gasteiger partial charge in [0.1, 0.15) is 5.82 Å². The summed E-state index contributed by atoms with van der Waals surface area (Å²) in [5, 5.41) is 10.5. The van der Waals surface area contributed by atoms with Gasteiger partial charge in [-0.3, -0.25) is 10.1 Å². The van der Waals surface area contributed by atoms with Crippen molar-refractivity contribution in [2.24, 2.45) is 5.73 Å². The molecule has 1 aromatic rings. The smallest absolute Gasteiger partial charge is 0.272 e. The lowest BCUT2D eigenvalue weighted by atomic mass is 9.96. The highest BCUT2D eigenvalue weighted by Crippen LogP contribution is 2.19. The van der Waals surface area contributed by atoms with Crippen LogP contribution in [0.2, 0.25) is 0 Å². The van der Waals surface area contributed by atoms with Gasteiger partial charge in [0, 0.05) is 11.6 Å². The third kappa shape index (κ3) is 3.63. The van der Waals surface area contributed by atoms with Gasteiger partial charge >= 0.3 is 0 Å². The highest BCUT2D eigenvalue weighted by molar-refractivity contribution is 5.35. The summed E-state index contributed by atoms with van der Waals surface area (Å²) in [5.74, 6) is -0.608. The van der Waals surface area contributed by atoms with E-state index in [4.69, 9.17) is 5.73 Å². The molecule has 1 rings (SSSR count). The van der Waals surface area contributed by atoms with Crippen molar-refractivity contribution >= 4 is 5.69 Å². The molecule has 0 aliphatic rings. The number of nitro benzene ring substituents is 1. The first-order chi connectivity index (χ1) is 6.78. The lowest BCUT2D eigenvalue weighted by Gasteiger charge is -2.18. The number of non-ortho nitro benzene ring substituents is 1. The molecule has 0 heterocycles. The van der Waals surface area contributed by atoms with Crippen LogP contribution in [0.3, 0.4) is 0 Å². The first kappa shape index (κ1) is 11.6. The minimum atomic E-state index is -0.615. The van der Waals surface area contributed by atoms with Crippen LogP contribution in [0.5, 0.6) is 0 Å². The molecule has 0 amide bonds. The normalized spacial score (nSPS) is 11.5. The van der Waals surface area contributed by atoms with E-state index < -0.39 is 16.3 Å². The second kappa shape index (κ2) is 3.94. The van der Waals surface area contributed by atoms with Crippen LogP contribution in [-0.2, 0) is 6.42 Å². The van der Waals surface area contributed by atoms with Gasteiger partial charge in [0.2, 0.25) is 0 Å². The Kier molecular flexibility index (Phi) is 3.04. The molecular formula is C10H13FN2O2. The highest BCUT2D eigenvalue weighted by atomic mass is 19.1. The molecule has 0 radical (unpaired) electrons. The standard InChI is InChI=1S/C10H13FN2O2/c1-10(2,12)6-7-3-8(11)5-9(4-7)13(14)15/h3-5H,6,12H2,1-2H3. The van der Waals surface area contributed by atoms with Crippen LogP contribution in [0.4, 0.5) is 10.1 Å². The lowest BCUT2D eigenvalue weighted by molar-refractivity contribution is -0.385. The van der Waals surface area contributed by atoms with E-state index in [9.17, 15) is 14.5 Å². The Morgan fingerprint density at radius 2 is 2.07 bits per heavy atom. The number of halogens is 1. The number of rotatable bonds is 3. The number of nitro groups is 1. The van der Waals surface area contributed by atoms with Gasteiger partial charge in [-0.1, -0.05) is 0 Å². The Morgan fingerprint density at radius 3 is 2.53 bits per heavy atom. The zero-order valence-corrected chi connectivity index (χ0v) is 8.66. The molecule has 0 spiro atoms. The average Bonchev–Trinajstić information content (AvgIpc) is 1.99. The largest absolute Gasteiger partial charge is 0.325 e. The van der Waals surface area contributed by atoms with Crippen molar-refractivity contribution < 1.29 is 9.31 Å². The second-order valence-electron chi connectivity index (χ2n) is 4.24. The predicted octanol–water partition coefficient (Wildman–Crippen LogP) is 2.01. The van der Waals surface area contributed by atoms with E-state index in [1.807, 2.05) is 0 Å². The van der Waals surface area contributed by atoms with Crippen molar-refractivity contribution in [3.63, 3.8) is 0 Å². The third-order valence-corrected chi connectivity index (χ3v) is 1.81. The Balaban J connectivity index is 3.04. The fraction of sp³-hybridized carbons (Fsp3) is 0.400. The molecule has 0 bridgehead atoms. The predicted molar refractivity (Wildman–Crippen MR) is 55.0 cm³/mol. The van der Waals surface area contributed by atoms with Crippen molar-refractivity contribution in [3.8, 4) is 0 Å². The van der Waals surface area contributed by atoms with E-state index in [1.165, 1.54) is 12.1 Å². The van der Waals surface area contributed by atoms with Crippen molar-refractivity contribution in [1.82, 2.24) is 0 Å². The third-order valence-electron chi connectivity index (χ3n) is 1.81. The van der Waals surface area contributed by atoms with Gasteiger partial charge in [-0.15, -0.1) is 0 Å². The number of nitrogens with two attached hydrogens (primary N) is 1. The Bertz CT molecular complexity index is 385. The van der Waals surface area contributed by atoms with Crippen molar-refractivity contribution in [1.29, 1.82) is 0 Å². The minimum absolute atomic E-state index is 0.241. The summed E-state index contributed by atoms with van der Waals surface area (Å²) in [4.78, 5) is 9.86. The topological polar surface area (TPSA) is 69.2 Å². The first-order valence-corrected chi connectivity index (χ1v) is 4.51. The van der Waals surface area contributed by atoms with E-state index in [0.717, 1.165) is 6.07 Å². The summed E-state index contributed by atoms with van der Waals surface area (Å²) in [5.41, 5.74) is 5.53. The van der Waals surface area contributed by atoms with Gasteiger partial charge in [0.15, 0.2) is 0 Å². The maximum absolute atomic E-state index is 13.0. The molecule has 15 heavy (non-hydrogen) atoms. The van der Waals surface area contributed by atoms with Crippen molar-refractivity contribution in [2.45, 2.75) is 25.8 Å². The van der Waals surface area contributed by atoms with E-state index in [1.54, 1.807) is 13.8 Å². The summed E-state index contributed by atoms with van der Waals surface area (Å²) in [6.07, 6.45) is 0.394. The number of nitrogens with zero attached hydrogens (tertiary/aromatic N) is 1. The molecule has 0 fully saturated rings. The fourth-order valence-electron chi connectivity index (χ4n) is 1.37. The number of hydrogen-bond donors (Lipinski definition) is 1. The van der Waals surface area contributed by atoms with E-state index in [-0.39, 0.29) is 5.69 Å². The second-order valence-corrected chi connectivity index (χ2v) is 4.24. The number of hydrogen-bond acceptors (Lipinski definition) is 3. The van der Waals surface area contributed by atoms with Crippen LogP contribution in [0.1, 0.15) is 19.4 Å². The minimum Gasteiger partial charge on any atom is -0.325 e. The van der Waals surface area contributed by atoms with Crippen LogP contribution in [-0.4, -0.2) is 10.5 Å². The van der Waals surface area contributed by atoms with Crippen molar-refractivity contribution in [3.05, 3.63) is 39.7 Å². The van der Waals surface area contributed by atoms with Gasteiger partial charge in [-0.05, 0) is 31.9 Å². The molecule has 0 atom stereocenters. The molecule has 1 aromatic carbocycles. The van der Waals surface area contributed by atoms with E-state index in [2.05, 4.69) is 0 Å².